The van der Waals surface area contributed by atoms with E-state index in [4.69, 9.17) is 10.1 Å². The standard InChI is InChI=1S/C12H12N2O2S2/c1-7(15)16-14-9-5-3-4-8-10(6-13)18-12(17-2)11(8)9/h3-5H2,1-2H3/b14-9+. The highest BCUT2D eigenvalue weighted by molar-refractivity contribution is 8.00. The van der Waals surface area contributed by atoms with Gasteiger partial charge in [-0.1, -0.05) is 5.16 Å². The summed E-state index contributed by atoms with van der Waals surface area (Å²) < 4.78 is 1.08. The van der Waals surface area contributed by atoms with E-state index in [2.05, 4.69) is 11.2 Å². The monoisotopic (exact) mass is 280 g/mol. The van der Waals surface area contributed by atoms with E-state index in [1.807, 2.05) is 6.26 Å². The van der Waals surface area contributed by atoms with E-state index in [9.17, 15) is 4.79 Å². The largest absolute Gasteiger partial charge is 0.331 e. The number of carbonyl (C=O) groups is 1. The molecule has 18 heavy (non-hydrogen) atoms. The molecule has 0 N–H and O–H groups in total. The summed E-state index contributed by atoms with van der Waals surface area (Å²) in [6.45, 7) is 1.33. The quantitative estimate of drug-likeness (QED) is 0.474. The first-order valence-electron chi connectivity index (χ1n) is 5.52. The van der Waals surface area contributed by atoms with Gasteiger partial charge in [-0.05, 0) is 31.1 Å². The molecule has 0 amide bonds. The van der Waals surface area contributed by atoms with E-state index in [1.165, 1.54) is 18.3 Å². The van der Waals surface area contributed by atoms with Gasteiger partial charge in [0.2, 0.25) is 0 Å². The summed E-state index contributed by atoms with van der Waals surface area (Å²) >= 11 is 3.10. The van der Waals surface area contributed by atoms with Crippen LogP contribution in [-0.4, -0.2) is 17.9 Å². The molecule has 1 aliphatic rings. The predicted molar refractivity (Wildman–Crippen MR) is 72.1 cm³/mol. The molecule has 94 valence electrons. The lowest BCUT2D eigenvalue weighted by molar-refractivity contribution is -0.140. The van der Waals surface area contributed by atoms with Gasteiger partial charge in [0.05, 0.1) is 9.92 Å². The van der Waals surface area contributed by atoms with Crippen molar-refractivity contribution in [2.45, 2.75) is 30.4 Å². The fourth-order valence-corrected chi connectivity index (χ4v) is 3.90. The van der Waals surface area contributed by atoms with Crippen LogP contribution in [0.2, 0.25) is 0 Å². The van der Waals surface area contributed by atoms with Crippen molar-refractivity contribution in [1.29, 1.82) is 5.26 Å². The van der Waals surface area contributed by atoms with Crippen LogP contribution in [0.4, 0.5) is 0 Å². The van der Waals surface area contributed by atoms with Crippen LogP contribution in [0.1, 0.15) is 35.8 Å². The average molecular weight is 280 g/mol. The van der Waals surface area contributed by atoms with Crippen molar-refractivity contribution in [3.8, 4) is 6.07 Å². The molecular weight excluding hydrogens is 268 g/mol. The molecule has 0 aromatic carbocycles. The maximum absolute atomic E-state index is 10.8. The molecule has 0 bridgehead atoms. The highest BCUT2D eigenvalue weighted by atomic mass is 32.2. The van der Waals surface area contributed by atoms with Gasteiger partial charge in [-0.2, -0.15) is 5.26 Å². The van der Waals surface area contributed by atoms with E-state index in [1.54, 1.807) is 11.8 Å². The highest BCUT2D eigenvalue weighted by Gasteiger charge is 2.25. The van der Waals surface area contributed by atoms with Crippen LogP contribution in [0.5, 0.6) is 0 Å². The average Bonchev–Trinajstić information content (AvgIpc) is 2.74. The molecule has 0 aliphatic heterocycles. The lowest BCUT2D eigenvalue weighted by Crippen LogP contribution is -2.12. The Morgan fingerprint density at radius 3 is 2.94 bits per heavy atom. The zero-order valence-electron chi connectivity index (χ0n) is 10.1. The topological polar surface area (TPSA) is 62.4 Å². The fraction of sp³-hybridized carbons (Fsp3) is 0.417. The minimum atomic E-state index is -0.420. The van der Waals surface area contributed by atoms with E-state index >= 15 is 0 Å². The van der Waals surface area contributed by atoms with Gasteiger partial charge >= 0.3 is 5.97 Å². The van der Waals surface area contributed by atoms with Gasteiger partial charge in [-0.15, -0.1) is 23.1 Å². The number of rotatable bonds is 2. The first kappa shape index (κ1) is 13.1. The Morgan fingerprint density at radius 2 is 2.33 bits per heavy atom. The number of thiophene rings is 1. The van der Waals surface area contributed by atoms with Crippen molar-refractivity contribution in [1.82, 2.24) is 0 Å². The van der Waals surface area contributed by atoms with Gasteiger partial charge in [0.15, 0.2) is 0 Å². The molecule has 0 unspecified atom stereocenters. The summed E-state index contributed by atoms with van der Waals surface area (Å²) in [7, 11) is 0. The summed E-state index contributed by atoms with van der Waals surface area (Å²) in [5.41, 5.74) is 2.86. The van der Waals surface area contributed by atoms with Crippen LogP contribution < -0.4 is 0 Å². The number of carbonyl (C=O) groups excluding carboxylic acids is 1. The highest BCUT2D eigenvalue weighted by Crippen LogP contribution is 2.39. The molecule has 1 aliphatic carbocycles. The minimum absolute atomic E-state index is 0.420. The smallest absolute Gasteiger partial charge is 0.318 e. The van der Waals surface area contributed by atoms with Crippen molar-refractivity contribution < 1.29 is 9.63 Å². The molecule has 0 spiro atoms. The molecule has 4 nitrogen and oxygen atoms in total. The number of hydrogen-bond acceptors (Lipinski definition) is 6. The molecular formula is C12H12N2O2S2. The van der Waals surface area contributed by atoms with E-state index < -0.39 is 5.97 Å². The molecule has 1 heterocycles. The summed E-state index contributed by atoms with van der Waals surface area (Å²) in [5.74, 6) is -0.420. The van der Waals surface area contributed by atoms with Crippen LogP contribution in [0.3, 0.4) is 0 Å². The maximum atomic E-state index is 10.8. The van der Waals surface area contributed by atoms with Gasteiger partial charge in [0.25, 0.3) is 0 Å². The third kappa shape index (κ3) is 2.42. The second-order valence-electron chi connectivity index (χ2n) is 3.86. The van der Waals surface area contributed by atoms with Crippen molar-refractivity contribution in [3.63, 3.8) is 0 Å². The Labute approximate surface area is 114 Å². The van der Waals surface area contributed by atoms with Crippen LogP contribution in [-0.2, 0) is 16.1 Å². The molecule has 0 atom stereocenters. The fourth-order valence-electron chi connectivity index (χ4n) is 1.97. The predicted octanol–water partition coefficient (Wildman–Crippen LogP) is 2.95. The van der Waals surface area contributed by atoms with Crippen LogP contribution >= 0.6 is 23.1 Å². The third-order valence-corrected chi connectivity index (χ3v) is 4.93. The summed E-state index contributed by atoms with van der Waals surface area (Å²) in [5, 5.41) is 13.1. The first-order valence-corrected chi connectivity index (χ1v) is 7.56. The number of hydrogen-bond donors (Lipinski definition) is 0. The summed E-state index contributed by atoms with van der Waals surface area (Å²) in [6, 6.07) is 2.24. The molecule has 0 saturated carbocycles. The van der Waals surface area contributed by atoms with Crippen LogP contribution in [0.25, 0.3) is 0 Å². The van der Waals surface area contributed by atoms with E-state index in [-0.39, 0.29) is 0 Å². The Balaban J connectivity index is 2.48. The minimum Gasteiger partial charge on any atom is -0.318 e. The normalized spacial score (nSPS) is 16.2. The molecule has 0 saturated heterocycles. The Bertz CT molecular complexity index is 555. The molecule has 0 fully saturated rings. The van der Waals surface area contributed by atoms with Crippen molar-refractivity contribution in [2.75, 3.05) is 6.26 Å². The van der Waals surface area contributed by atoms with Crippen LogP contribution in [0, 0.1) is 11.3 Å². The number of thioether (sulfide) groups is 1. The van der Waals surface area contributed by atoms with Gasteiger partial charge in [-0.3, -0.25) is 0 Å². The van der Waals surface area contributed by atoms with Gasteiger partial charge < -0.3 is 4.84 Å². The Morgan fingerprint density at radius 1 is 1.56 bits per heavy atom. The summed E-state index contributed by atoms with van der Waals surface area (Å²) in [4.78, 5) is 16.3. The van der Waals surface area contributed by atoms with Crippen molar-refractivity contribution >= 4 is 34.8 Å². The Hall–Kier alpha value is -1.32. The maximum Gasteiger partial charge on any atom is 0.331 e. The third-order valence-electron chi connectivity index (χ3n) is 2.68. The van der Waals surface area contributed by atoms with E-state index in [0.29, 0.717) is 0 Å². The molecule has 1 aromatic rings. The molecule has 1 aromatic heterocycles. The lowest BCUT2D eigenvalue weighted by atomic mass is 9.92. The van der Waals surface area contributed by atoms with Crippen LogP contribution in [0.15, 0.2) is 9.36 Å². The second kappa shape index (κ2) is 5.55. The number of fused-ring (bicyclic) bond motifs is 1. The van der Waals surface area contributed by atoms with Gasteiger partial charge in [0.1, 0.15) is 10.9 Å². The zero-order valence-corrected chi connectivity index (χ0v) is 11.8. The number of nitriles is 1. The van der Waals surface area contributed by atoms with E-state index in [0.717, 1.165) is 45.2 Å². The van der Waals surface area contributed by atoms with Crippen molar-refractivity contribution in [2.24, 2.45) is 5.16 Å². The van der Waals surface area contributed by atoms with Gasteiger partial charge in [-0.25, -0.2) is 4.79 Å². The SMILES string of the molecule is CSc1sc(C#N)c2c1/C(=N/OC(C)=O)CCC2. The lowest BCUT2D eigenvalue weighted by Gasteiger charge is -2.14. The number of oxime groups is 1. The number of nitrogens with zero attached hydrogens (tertiary/aromatic N) is 2. The van der Waals surface area contributed by atoms with Crippen molar-refractivity contribution in [3.05, 3.63) is 16.0 Å². The molecule has 6 heteroatoms. The zero-order chi connectivity index (χ0) is 13.1. The summed E-state index contributed by atoms with van der Waals surface area (Å²) in [6.07, 6.45) is 4.60. The first-order chi connectivity index (χ1) is 8.67. The Kier molecular flexibility index (Phi) is 4.04. The van der Waals surface area contributed by atoms with Gasteiger partial charge in [0, 0.05) is 12.5 Å². The second-order valence-corrected chi connectivity index (χ2v) is 5.96. The molecule has 2 rings (SSSR count). The molecule has 0 radical (unpaired) electrons.